The van der Waals surface area contributed by atoms with Gasteiger partial charge in [-0.05, 0) is 30.2 Å². The maximum atomic E-state index is 13.4. The summed E-state index contributed by atoms with van der Waals surface area (Å²) in [6.07, 6.45) is 2.30. The van der Waals surface area contributed by atoms with Gasteiger partial charge in [0.25, 0.3) is 0 Å². The van der Waals surface area contributed by atoms with Crippen LogP contribution in [0.3, 0.4) is 0 Å². The third-order valence-corrected chi connectivity index (χ3v) is 4.24. The Labute approximate surface area is 158 Å². The Balaban J connectivity index is 1.70. The number of hydrogen-bond acceptors (Lipinski definition) is 3. The van der Waals surface area contributed by atoms with Gasteiger partial charge in [0.05, 0.1) is 5.92 Å². The summed E-state index contributed by atoms with van der Waals surface area (Å²) in [5.74, 6) is 0.0554. The highest BCUT2D eigenvalue weighted by atomic mass is 19.1. The molecule has 0 aliphatic carbocycles. The molecule has 0 saturated carbocycles. The number of carbonyl (C=O) groups is 1. The Morgan fingerprint density at radius 2 is 1.93 bits per heavy atom. The smallest absolute Gasteiger partial charge is 0.227 e. The first-order valence-electron chi connectivity index (χ1n) is 8.87. The molecule has 27 heavy (non-hydrogen) atoms. The summed E-state index contributed by atoms with van der Waals surface area (Å²) in [6, 6.07) is 19.2. The van der Waals surface area contributed by atoms with Crippen molar-refractivity contribution in [2.24, 2.45) is 0 Å². The second-order valence-electron chi connectivity index (χ2n) is 6.12. The minimum absolute atomic E-state index is 0.0516. The van der Waals surface area contributed by atoms with Gasteiger partial charge in [-0.15, -0.1) is 0 Å². The molecule has 3 aromatic rings. The molecule has 0 aliphatic heterocycles. The average molecular weight is 364 g/mol. The highest BCUT2D eigenvalue weighted by Crippen LogP contribution is 2.24. The number of nitrogens with one attached hydrogen (secondary N) is 1. The predicted molar refractivity (Wildman–Crippen MR) is 102 cm³/mol. The van der Waals surface area contributed by atoms with Crippen molar-refractivity contribution in [1.29, 1.82) is 0 Å². The number of carbonyl (C=O) groups excluding carboxylic acids is 1. The lowest BCUT2D eigenvalue weighted by molar-refractivity contribution is -0.122. The van der Waals surface area contributed by atoms with Gasteiger partial charge in [-0.2, -0.15) is 0 Å². The molecule has 138 valence electrons. The summed E-state index contributed by atoms with van der Waals surface area (Å²) in [6.45, 7) is 2.26. The number of aromatic nitrogens is 1. The number of hydrogen-bond donors (Lipinski definition) is 1. The van der Waals surface area contributed by atoms with Crippen molar-refractivity contribution in [2.75, 3.05) is 0 Å². The fourth-order valence-electron chi connectivity index (χ4n) is 2.86. The molecule has 1 atom stereocenters. The summed E-state index contributed by atoms with van der Waals surface area (Å²) >= 11 is 0. The second kappa shape index (κ2) is 8.94. The summed E-state index contributed by atoms with van der Waals surface area (Å²) in [5, 5.41) is 2.95. The normalized spacial score (nSPS) is 11.6. The molecule has 5 heteroatoms. The maximum absolute atomic E-state index is 13.4. The third-order valence-electron chi connectivity index (χ3n) is 4.24. The summed E-state index contributed by atoms with van der Waals surface area (Å²) < 4.78 is 19.0. The van der Waals surface area contributed by atoms with Crippen LogP contribution >= 0.6 is 0 Å². The topological polar surface area (TPSA) is 51.2 Å². The van der Waals surface area contributed by atoms with Crippen molar-refractivity contribution in [3.63, 3.8) is 0 Å². The molecular weight excluding hydrogens is 343 g/mol. The molecule has 3 rings (SSSR count). The number of rotatable bonds is 7. The number of ether oxygens (including phenoxy) is 1. The fourth-order valence-corrected chi connectivity index (χ4v) is 2.86. The lowest BCUT2D eigenvalue weighted by Gasteiger charge is -2.16. The first-order valence-corrected chi connectivity index (χ1v) is 8.87. The summed E-state index contributed by atoms with van der Waals surface area (Å²) in [7, 11) is 0. The van der Waals surface area contributed by atoms with Gasteiger partial charge in [-0.3, -0.25) is 4.79 Å². The highest BCUT2D eigenvalue weighted by molar-refractivity contribution is 5.83. The monoisotopic (exact) mass is 364 g/mol. The van der Waals surface area contributed by atoms with E-state index in [9.17, 15) is 9.18 Å². The zero-order valence-corrected chi connectivity index (χ0v) is 15.1. The number of benzene rings is 2. The molecule has 1 amide bonds. The number of amides is 1. The van der Waals surface area contributed by atoms with Crippen LogP contribution in [0.4, 0.5) is 4.39 Å². The fraction of sp³-hybridized carbons (Fsp3) is 0.182. The van der Waals surface area contributed by atoms with Crippen molar-refractivity contribution in [2.45, 2.75) is 25.8 Å². The maximum Gasteiger partial charge on any atom is 0.227 e. The van der Waals surface area contributed by atoms with E-state index < -0.39 is 0 Å². The summed E-state index contributed by atoms with van der Waals surface area (Å²) in [5.41, 5.74) is 1.71. The van der Waals surface area contributed by atoms with E-state index in [4.69, 9.17) is 4.74 Å². The zero-order valence-electron chi connectivity index (χ0n) is 15.1. The minimum atomic E-state index is -0.382. The van der Waals surface area contributed by atoms with Crippen molar-refractivity contribution in [3.8, 4) is 11.6 Å². The molecule has 0 aliphatic rings. The van der Waals surface area contributed by atoms with Crippen LogP contribution in [-0.4, -0.2) is 10.9 Å². The van der Waals surface area contributed by atoms with Crippen molar-refractivity contribution < 1.29 is 13.9 Å². The Kier molecular flexibility index (Phi) is 6.15. The van der Waals surface area contributed by atoms with Gasteiger partial charge in [0.1, 0.15) is 11.6 Å². The van der Waals surface area contributed by atoms with Gasteiger partial charge in [0.2, 0.25) is 11.8 Å². The lowest BCUT2D eigenvalue weighted by atomic mass is 9.95. The second-order valence-corrected chi connectivity index (χ2v) is 6.12. The molecule has 0 spiro atoms. The Bertz CT molecular complexity index is 900. The van der Waals surface area contributed by atoms with Crippen LogP contribution in [0.5, 0.6) is 11.6 Å². The van der Waals surface area contributed by atoms with Crippen molar-refractivity contribution >= 4 is 5.91 Å². The largest absolute Gasteiger partial charge is 0.439 e. The van der Waals surface area contributed by atoms with Gasteiger partial charge in [-0.1, -0.05) is 49.4 Å². The van der Waals surface area contributed by atoms with Gasteiger partial charge in [-0.25, -0.2) is 9.37 Å². The molecule has 1 N–H and O–H groups in total. The van der Waals surface area contributed by atoms with Gasteiger partial charge < -0.3 is 10.1 Å². The number of halogens is 1. The van der Waals surface area contributed by atoms with Gasteiger partial charge in [0.15, 0.2) is 0 Å². The average Bonchev–Trinajstić information content (AvgIpc) is 2.69. The molecule has 0 bridgehead atoms. The molecule has 2 aromatic carbocycles. The molecule has 1 aromatic heterocycles. The van der Waals surface area contributed by atoms with E-state index in [0.29, 0.717) is 18.1 Å². The van der Waals surface area contributed by atoms with Crippen LogP contribution in [0.2, 0.25) is 0 Å². The molecule has 1 heterocycles. The standard InChI is InChI=1S/C22H21FN2O2/c1-2-20(16-8-4-3-5-9-16)21(26)25-15-17-10-7-13-24-22(17)27-19-12-6-11-18(23)14-19/h3-14,20H,2,15H2,1H3,(H,25,26). The molecule has 4 nitrogen and oxygen atoms in total. The van der Waals surface area contributed by atoms with E-state index in [-0.39, 0.29) is 24.2 Å². The quantitative estimate of drug-likeness (QED) is 0.654. The minimum Gasteiger partial charge on any atom is -0.439 e. The van der Waals surface area contributed by atoms with E-state index in [2.05, 4.69) is 10.3 Å². The van der Waals surface area contributed by atoms with Crippen LogP contribution in [-0.2, 0) is 11.3 Å². The van der Waals surface area contributed by atoms with E-state index in [0.717, 1.165) is 11.1 Å². The highest BCUT2D eigenvalue weighted by Gasteiger charge is 2.18. The number of nitrogens with zero attached hydrogens (tertiary/aromatic N) is 1. The first kappa shape index (κ1) is 18.6. The van der Waals surface area contributed by atoms with Crippen LogP contribution in [0, 0.1) is 5.82 Å². The van der Waals surface area contributed by atoms with Crippen molar-refractivity contribution in [3.05, 3.63) is 89.9 Å². The Morgan fingerprint density at radius 1 is 1.11 bits per heavy atom. The number of pyridine rings is 1. The first-order chi connectivity index (χ1) is 13.2. The predicted octanol–water partition coefficient (Wildman–Crippen LogP) is 4.82. The van der Waals surface area contributed by atoms with E-state index >= 15 is 0 Å². The molecular formula is C22H21FN2O2. The van der Waals surface area contributed by atoms with Crippen LogP contribution in [0.15, 0.2) is 72.9 Å². The van der Waals surface area contributed by atoms with Crippen LogP contribution in [0.1, 0.15) is 30.4 Å². The van der Waals surface area contributed by atoms with Crippen molar-refractivity contribution in [1.82, 2.24) is 10.3 Å². The lowest BCUT2D eigenvalue weighted by Crippen LogP contribution is -2.28. The van der Waals surface area contributed by atoms with Gasteiger partial charge >= 0.3 is 0 Å². The summed E-state index contributed by atoms with van der Waals surface area (Å²) in [4.78, 5) is 16.8. The van der Waals surface area contributed by atoms with Gasteiger partial charge in [0, 0.05) is 24.4 Å². The third kappa shape index (κ3) is 4.91. The van der Waals surface area contributed by atoms with E-state index in [1.165, 1.54) is 12.1 Å². The Morgan fingerprint density at radius 3 is 2.67 bits per heavy atom. The molecule has 0 saturated heterocycles. The molecule has 1 unspecified atom stereocenters. The Hall–Kier alpha value is -3.21. The van der Waals surface area contributed by atoms with Crippen LogP contribution < -0.4 is 10.1 Å². The molecule has 0 fully saturated rings. The van der Waals surface area contributed by atoms with E-state index in [1.54, 1.807) is 24.4 Å². The van der Waals surface area contributed by atoms with Crippen LogP contribution in [0.25, 0.3) is 0 Å². The SMILES string of the molecule is CCC(C(=O)NCc1cccnc1Oc1cccc(F)c1)c1ccccc1. The van der Waals surface area contributed by atoms with E-state index in [1.807, 2.05) is 43.3 Å². The zero-order chi connectivity index (χ0) is 19.1. The molecule has 0 radical (unpaired) electrons.